The van der Waals surface area contributed by atoms with E-state index < -0.39 is 23.4 Å². The van der Waals surface area contributed by atoms with Gasteiger partial charge in [-0.3, -0.25) is 0 Å². The van der Waals surface area contributed by atoms with Gasteiger partial charge in [0, 0.05) is 39.4 Å². The van der Waals surface area contributed by atoms with E-state index in [2.05, 4.69) is 15.3 Å². The summed E-state index contributed by atoms with van der Waals surface area (Å²) in [5, 5.41) is 3.00. The molecular formula is C16H24F3N5O2. The Bertz CT molecular complexity index is 658. The van der Waals surface area contributed by atoms with Crippen LogP contribution >= 0.6 is 0 Å². The Labute approximate surface area is 150 Å². The number of anilines is 2. The van der Waals surface area contributed by atoms with E-state index in [0.717, 1.165) is 6.20 Å². The van der Waals surface area contributed by atoms with Gasteiger partial charge in [0.2, 0.25) is 5.95 Å². The fraction of sp³-hybridized carbons (Fsp3) is 0.688. The van der Waals surface area contributed by atoms with Crippen LogP contribution in [0.25, 0.3) is 0 Å². The van der Waals surface area contributed by atoms with Crippen molar-refractivity contribution in [2.45, 2.75) is 45.0 Å². The zero-order chi connectivity index (χ0) is 19.7. The van der Waals surface area contributed by atoms with Crippen LogP contribution in [0.4, 0.5) is 29.7 Å². The van der Waals surface area contributed by atoms with Gasteiger partial charge in [-0.05, 0) is 27.2 Å². The van der Waals surface area contributed by atoms with Gasteiger partial charge in [-0.1, -0.05) is 0 Å². The molecule has 26 heavy (non-hydrogen) atoms. The van der Waals surface area contributed by atoms with E-state index in [1.165, 1.54) is 19.0 Å². The molecule has 0 spiro atoms. The highest BCUT2D eigenvalue weighted by Gasteiger charge is 2.36. The van der Waals surface area contributed by atoms with Crippen LogP contribution in [0.2, 0.25) is 0 Å². The van der Waals surface area contributed by atoms with Crippen molar-refractivity contribution in [3.8, 4) is 0 Å². The minimum atomic E-state index is -4.53. The first kappa shape index (κ1) is 20.1. The average Bonchev–Trinajstić information content (AvgIpc) is 2.93. The van der Waals surface area contributed by atoms with Crippen molar-refractivity contribution < 1.29 is 22.7 Å². The summed E-state index contributed by atoms with van der Waals surface area (Å²) in [4.78, 5) is 22.7. The number of amides is 1. The molecule has 2 rings (SSSR count). The number of carbonyl (C=O) groups excluding carboxylic acids is 1. The Morgan fingerprint density at radius 3 is 2.54 bits per heavy atom. The zero-order valence-corrected chi connectivity index (χ0v) is 15.5. The van der Waals surface area contributed by atoms with Crippen molar-refractivity contribution in [3.05, 3.63) is 11.8 Å². The first-order chi connectivity index (χ1) is 11.9. The molecule has 1 aliphatic heterocycles. The summed E-state index contributed by atoms with van der Waals surface area (Å²) in [6, 6.07) is -0.158. The lowest BCUT2D eigenvalue weighted by Gasteiger charge is -2.24. The monoisotopic (exact) mass is 375 g/mol. The average molecular weight is 375 g/mol. The second-order valence-electron chi connectivity index (χ2n) is 7.38. The maximum absolute atomic E-state index is 13.0. The Morgan fingerprint density at radius 2 is 2.00 bits per heavy atom. The molecule has 0 aliphatic carbocycles. The molecule has 1 aromatic rings. The van der Waals surface area contributed by atoms with Crippen LogP contribution in [0, 0.1) is 0 Å². The molecule has 1 aromatic heterocycles. The Hall–Kier alpha value is -2.26. The van der Waals surface area contributed by atoms with Gasteiger partial charge >= 0.3 is 12.3 Å². The number of rotatable bonds is 3. The lowest BCUT2D eigenvalue weighted by molar-refractivity contribution is -0.137. The Kier molecular flexibility index (Phi) is 5.52. The first-order valence-electron chi connectivity index (χ1n) is 8.23. The quantitative estimate of drug-likeness (QED) is 0.876. The molecule has 146 valence electrons. The van der Waals surface area contributed by atoms with E-state index in [9.17, 15) is 18.0 Å². The van der Waals surface area contributed by atoms with E-state index >= 15 is 0 Å². The van der Waals surface area contributed by atoms with Crippen LogP contribution in [0.15, 0.2) is 6.20 Å². The number of nitrogens with one attached hydrogen (secondary N) is 1. The van der Waals surface area contributed by atoms with Gasteiger partial charge in [0.25, 0.3) is 0 Å². The number of hydrogen-bond acceptors (Lipinski definition) is 6. The molecule has 0 radical (unpaired) electrons. The van der Waals surface area contributed by atoms with Gasteiger partial charge in [0.15, 0.2) is 0 Å². The van der Waals surface area contributed by atoms with Crippen molar-refractivity contribution in [2.75, 3.05) is 37.4 Å². The smallest absolute Gasteiger partial charge is 0.421 e. The summed E-state index contributed by atoms with van der Waals surface area (Å²) in [6.07, 6.45) is -3.55. The van der Waals surface area contributed by atoms with E-state index in [0.29, 0.717) is 19.5 Å². The van der Waals surface area contributed by atoms with Gasteiger partial charge in [0.1, 0.15) is 17.0 Å². The molecule has 10 heteroatoms. The molecule has 1 amide bonds. The fourth-order valence-corrected chi connectivity index (χ4v) is 2.54. The molecule has 1 saturated heterocycles. The molecule has 0 aromatic carbocycles. The summed E-state index contributed by atoms with van der Waals surface area (Å²) in [5.74, 6) is -0.116. The number of nitrogens with zero attached hydrogens (tertiary/aromatic N) is 4. The van der Waals surface area contributed by atoms with Gasteiger partial charge in [-0.15, -0.1) is 0 Å². The number of likely N-dealkylation sites (tertiary alicyclic amines) is 1. The maximum atomic E-state index is 13.0. The van der Waals surface area contributed by atoms with Crippen molar-refractivity contribution >= 4 is 17.9 Å². The summed E-state index contributed by atoms with van der Waals surface area (Å²) >= 11 is 0. The van der Waals surface area contributed by atoms with E-state index in [1.807, 2.05) is 0 Å². The number of hydrogen-bond donors (Lipinski definition) is 1. The minimum absolute atomic E-state index is 0.0951. The Morgan fingerprint density at radius 1 is 1.35 bits per heavy atom. The summed E-state index contributed by atoms with van der Waals surface area (Å²) in [7, 11) is 2.97. The summed E-state index contributed by atoms with van der Waals surface area (Å²) in [5.41, 5.74) is -1.48. The largest absolute Gasteiger partial charge is 0.444 e. The summed E-state index contributed by atoms with van der Waals surface area (Å²) in [6.45, 7) is 6.23. The molecule has 0 bridgehead atoms. The molecule has 1 unspecified atom stereocenters. The zero-order valence-electron chi connectivity index (χ0n) is 15.5. The van der Waals surface area contributed by atoms with Gasteiger partial charge in [0.05, 0.1) is 0 Å². The molecule has 2 heterocycles. The second kappa shape index (κ2) is 7.16. The molecule has 1 fully saturated rings. The van der Waals surface area contributed by atoms with Gasteiger partial charge in [-0.25, -0.2) is 9.78 Å². The standard InChI is InChI=1S/C16H24F3N5O2/c1-15(2,3)26-14(25)24-7-6-10(9-24)21-13-20-8-11(16(17,18)19)12(22-13)23(4)5/h8,10H,6-7,9H2,1-5H3,(H,20,21,22). The molecular weight excluding hydrogens is 351 g/mol. The third-order valence-electron chi connectivity index (χ3n) is 3.67. The Balaban J connectivity index is 2.06. The van der Waals surface area contributed by atoms with Crippen molar-refractivity contribution in [2.24, 2.45) is 0 Å². The lowest BCUT2D eigenvalue weighted by atomic mass is 10.2. The first-order valence-corrected chi connectivity index (χ1v) is 8.23. The molecule has 1 N–H and O–H groups in total. The lowest BCUT2D eigenvalue weighted by Crippen LogP contribution is -2.36. The van der Waals surface area contributed by atoms with Crippen LogP contribution in [-0.2, 0) is 10.9 Å². The normalized spacial score (nSPS) is 18.0. The third kappa shape index (κ3) is 5.12. The number of halogens is 3. The number of carbonyl (C=O) groups is 1. The highest BCUT2D eigenvalue weighted by Crippen LogP contribution is 2.34. The summed E-state index contributed by atoms with van der Waals surface area (Å²) < 4.78 is 44.4. The SMILES string of the molecule is CN(C)c1nc(NC2CCN(C(=O)OC(C)(C)C)C2)ncc1C(F)(F)F. The van der Waals surface area contributed by atoms with Crippen LogP contribution < -0.4 is 10.2 Å². The molecule has 7 nitrogen and oxygen atoms in total. The highest BCUT2D eigenvalue weighted by atomic mass is 19.4. The third-order valence-corrected chi connectivity index (χ3v) is 3.67. The van der Waals surface area contributed by atoms with Crippen molar-refractivity contribution in [3.63, 3.8) is 0 Å². The predicted octanol–water partition coefficient (Wildman–Crippen LogP) is 2.98. The van der Waals surface area contributed by atoms with Crippen LogP contribution in [0.1, 0.15) is 32.8 Å². The van der Waals surface area contributed by atoms with Crippen molar-refractivity contribution in [1.82, 2.24) is 14.9 Å². The van der Waals surface area contributed by atoms with Crippen molar-refractivity contribution in [1.29, 1.82) is 0 Å². The number of ether oxygens (including phenoxy) is 1. The molecule has 0 saturated carbocycles. The van der Waals surface area contributed by atoms with Crippen LogP contribution in [-0.4, -0.2) is 59.8 Å². The highest BCUT2D eigenvalue weighted by molar-refractivity contribution is 5.68. The second-order valence-corrected chi connectivity index (χ2v) is 7.38. The maximum Gasteiger partial charge on any atom is 0.421 e. The predicted molar refractivity (Wildman–Crippen MR) is 91.2 cm³/mol. The van der Waals surface area contributed by atoms with E-state index in [4.69, 9.17) is 4.74 Å². The topological polar surface area (TPSA) is 70.6 Å². The van der Waals surface area contributed by atoms with Crippen LogP contribution in [0.3, 0.4) is 0 Å². The van der Waals surface area contributed by atoms with Crippen LogP contribution in [0.5, 0.6) is 0 Å². The minimum Gasteiger partial charge on any atom is -0.444 e. The van der Waals surface area contributed by atoms with Gasteiger partial charge in [-0.2, -0.15) is 18.2 Å². The fourth-order valence-electron chi connectivity index (χ4n) is 2.54. The number of alkyl halides is 3. The molecule has 1 aliphatic rings. The van der Waals surface area contributed by atoms with E-state index in [1.54, 1.807) is 25.7 Å². The van der Waals surface area contributed by atoms with E-state index in [-0.39, 0.29) is 17.8 Å². The van der Waals surface area contributed by atoms with Gasteiger partial charge < -0.3 is 19.9 Å². The molecule has 1 atom stereocenters. The number of aromatic nitrogens is 2.